The zero-order chi connectivity index (χ0) is 17.9. The van der Waals surface area contributed by atoms with Gasteiger partial charge in [0, 0.05) is 11.4 Å². The van der Waals surface area contributed by atoms with E-state index in [1.807, 2.05) is 39.0 Å². The van der Waals surface area contributed by atoms with Gasteiger partial charge in [0.05, 0.1) is 10.7 Å². The minimum absolute atomic E-state index is 0.217. The van der Waals surface area contributed by atoms with Crippen LogP contribution in [-0.2, 0) is 9.59 Å². The zero-order valence-electron chi connectivity index (χ0n) is 13.8. The first kappa shape index (κ1) is 17.8. The maximum Gasteiger partial charge on any atom is 0.314 e. The van der Waals surface area contributed by atoms with Crippen LogP contribution >= 0.6 is 11.6 Å². The third kappa shape index (κ3) is 4.06. The second-order valence-corrected chi connectivity index (χ2v) is 6.25. The molecule has 0 saturated carbocycles. The van der Waals surface area contributed by atoms with Crippen LogP contribution in [0.5, 0.6) is 0 Å². The van der Waals surface area contributed by atoms with Crippen molar-refractivity contribution in [1.29, 1.82) is 0 Å². The molecule has 0 aliphatic rings. The van der Waals surface area contributed by atoms with Gasteiger partial charge in [-0.1, -0.05) is 43.6 Å². The molecule has 5 nitrogen and oxygen atoms in total. The number of anilines is 3. The fraction of sp³-hybridized carbons (Fsp3) is 0.222. The first-order valence-corrected chi connectivity index (χ1v) is 7.94. The Hall–Kier alpha value is -2.53. The van der Waals surface area contributed by atoms with E-state index in [0.29, 0.717) is 17.1 Å². The Morgan fingerprint density at radius 3 is 2.38 bits per heavy atom. The SMILES string of the molecule is Cc1cccc(C(C)C)c1NC(=O)C(=O)Nc1ccc(N)cc1Cl. The highest BCUT2D eigenvalue weighted by Crippen LogP contribution is 2.28. The van der Waals surface area contributed by atoms with Gasteiger partial charge in [-0.15, -0.1) is 0 Å². The molecule has 0 heterocycles. The molecule has 0 fully saturated rings. The summed E-state index contributed by atoms with van der Waals surface area (Å²) in [6.45, 7) is 5.94. The number of hydrogen-bond acceptors (Lipinski definition) is 3. The molecule has 0 radical (unpaired) electrons. The lowest BCUT2D eigenvalue weighted by Gasteiger charge is -2.16. The molecule has 0 bridgehead atoms. The third-order valence-corrected chi connectivity index (χ3v) is 3.93. The van der Waals surface area contributed by atoms with Crippen LogP contribution in [0.3, 0.4) is 0 Å². The van der Waals surface area contributed by atoms with Gasteiger partial charge in [0.2, 0.25) is 0 Å². The number of rotatable bonds is 3. The molecular weight excluding hydrogens is 326 g/mol. The number of aryl methyl sites for hydroxylation is 1. The molecule has 0 unspecified atom stereocenters. The summed E-state index contributed by atoms with van der Waals surface area (Å²) < 4.78 is 0. The van der Waals surface area contributed by atoms with Gasteiger partial charge in [-0.3, -0.25) is 9.59 Å². The lowest BCUT2D eigenvalue weighted by Crippen LogP contribution is -2.30. The van der Waals surface area contributed by atoms with Crippen molar-refractivity contribution in [2.45, 2.75) is 26.7 Å². The molecule has 2 rings (SSSR count). The summed E-state index contributed by atoms with van der Waals surface area (Å²) in [4.78, 5) is 24.4. The van der Waals surface area contributed by atoms with E-state index in [-0.39, 0.29) is 10.9 Å². The summed E-state index contributed by atoms with van der Waals surface area (Å²) in [5, 5.41) is 5.45. The molecule has 2 aromatic rings. The molecule has 4 N–H and O–H groups in total. The van der Waals surface area contributed by atoms with E-state index in [9.17, 15) is 9.59 Å². The number of nitrogens with two attached hydrogens (primary N) is 1. The summed E-state index contributed by atoms with van der Waals surface area (Å²) >= 11 is 6.00. The van der Waals surface area contributed by atoms with E-state index in [1.54, 1.807) is 12.1 Å². The van der Waals surface area contributed by atoms with Crippen molar-refractivity contribution in [3.8, 4) is 0 Å². The summed E-state index contributed by atoms with van der Waals surface area (Å²) in [5.74, 6) is -1.33. The number of halogens is 1. The molecule has 0 saturated heterocycles. The molecule has 2 amide bonds. The predicted octanol–water partition coefficient (Wildman–Crippen LogP) is 3.93. The highest BCUT2D eigenvalue weighted by Gasteiger charge is 2.18. The number of nitrogen functional groups attached to an aromatic ring is 1. The van der Waals surface area contributed by atoms with Crippen molar-refractivity contribution in [2.75, 3.05) is 16.4 Å². The zero-order valence-corrected chi connectivity index (χ0v) is 14.6. The molecule has 0 atom stereocenters. The van der Waals surface area contributed by atoms with Crippen LogP contribution < -0.4 is 16.4 Å². The fourth-order valence-corrected chi connectivity index (χ4v) is 2.56. The van der Waals surface area contributed by atoms with Gasteiger partial charge >= 0.3 is 11.8 Å². The Balaban J connectivity index is 2.17. The summed E-state index contributed by atoms with van der Waals surface area (Å²) in [6, 6.07) is 10.4. The number of benzene rings is 2. The normalized spacial score (nSPS) is 10.5. The van der Waals surface area contributed by atoms with Crippen LogP contribution in [0, 0.1) is 6.92 Å². The standard InChI is InChI=1S/C18H20ClN3O2/c1-10(2)13-6-4-5-11(3)16(13)22-18(24)17(23)21-15-8-7-12(20)9-14(15)19/h4-10H,20H2,1-3H3,(H,21,23)(H,22,24). The monoisotopic (exact) mass is 345 g/mol. The average molecular weight is 346 g/mol. The van der Waals surface area contributed by atoms with E-state index < -0.39 is 11.8 Å². The maximum absolute atomic E-state index is 12.2. The fourth-order valence-electron chi connectivity index (χ4n) is 2.32. The van der Waals surface area contributed by atoms with Crippen LogP contribution in [0.25, 0.3) is 0 Å². The lowest BCUT2D eigenvalue weighted by atomic mass is 9.98. The van der Waals surface area contributed by atoms with E-state index in [4.69, 9.17) is 17.3 Å². The molecule has 0 aromatic heterocycles. The second-order valence-electron chi connectivity index (χ2n) is 5.84. The topological polar surface area (TPSA) is 84.2 Å². The van der Waals surface area contributed by atoms with Crippen LogP contribution in [0.2, 0.25) is 5.02 Å². The van der Waals surface area contributed by atoms with Crippen LogP contribution in [0.1, 0.15) is 30.9 Å². The van der Waals surface area contributed by atoms with Gasteiger partial charge in [-0.05, 0) is 42.2 Å². The lowest BCUT2D eigenvalue weighted by molar-refractivity contribution is -0.133. The molecule has 126 valence electrons. The van der Waals surface area contributed by atoms with Crippen LogP contribution in [-0.4, -0.2) is 11.8 Å². The quantitative estimate of drug-likeness (QED) is 0.582. The minimum atomic E-state index is -0.792. The van der Waals surface area contributed by atoms with Crippen molar-refractivity contribution in [1.82, 2.24) is 0 Å². The highest BCUT2D eigenvalue weighted by molar-refractivity contribution is 6.45. The van der Waals surface area contributed by atoms with E-state index in [1.165, 1.54) is 6.07 Å². The van der Waals surface area contributed by atoms with Crippen LogP contribution in [0.15, 0.2) is 36.4 Å². The minimum Gasteiger partial charge on any atom is -0.399 e. The largest absolute Gasteiger partial charge is 0.399 e. The van der Waals surface area contributed by atoms with Gasteiger partial charge < -0.3 is 16.4 Å². The first-order chi connectivity index (χ1) is 11.3. The smallest absolute Gasteiger partial charge is 0.314 e. The maximum atomic E-state index is 12.2. The number of para-hydroxylation sites is 1. The summed E-state index contributed by atoms with van der Waals surface area (Å²) in [5.41, 5.74) is 8.95. The number of carbonyl (C=O) groups is 2. The first-order valence-electron chi connectivity index (χ1n) is 7.56. The molecule has 0 spiro atoms. The Morgan fingerprint density at radius 1 is 1.08 bits per heavy atom. The van der Waals surface area contributed by atoms with Crippen molar-refractivity contribution in [3.05, 3.63) is 52.5 Å². The Kier molecular flexibility index (Phi) is 5.46. The predicted molar refractivity (Wildman–Crippen MR) is 98.4 cm³/mol. The molecule has 0 aliphatic carbocycles. The summed E-state index contributed by atoms with van der Waals surface area (Å²) in [6.07, 6.45) is 0. The Bertz CT molecular complexity index is 788. The molecular formula is C18H20ClN3O2. The Morgan fingerprint density at radius 2 is 1.75 bits per heavy atom. The third-order valence-electron chi connectivity index (χ3n) is 3.61. The van der Waals surface area contributed by atoms with E-state index in [2.05, 4.69) is 10.6 Å². The molecule has 24 heavy (non-hydrogen) atoms. The summed E-state index contributed by atoms with van der Waals surface area (Å²) in [7, 11) is 0. The van der Waals surface area contributed by atoms with Crippen molar-refractivity contribution in [3.63, 3.8) is 0 Å². The second kappa shape index (κ2) is 7.36. The van der Waals surface area contributed by atoms with Gasteiger partial charge in [-0.25, -0.2) is 0 Å². The molecule has 0 aliphatic heterocycles. The van der Waals surface area contributed by atoms with Gasteiger partial charge in [0.1, 0.15) is 0 Å². The number of amides is 2. The number of nitrogens with one attached hydrogen (secondary N) is 2. The van der Waals surface area contributed by atoms with Crippen molar-refractivity contribution < 1.29 is 9.59 Å². The number of hydrogen-bond donors (Lipinski definition) is 3. The number of carbonyl (C=O) groups excluding carboxylic acids is 2. The van der Waals surface area contributed by atoms with E-state index in [0.717, 1.165) is 11.1 Å². The molecule has 6 heteroatoms. The van der Waals surface area contributed by atoms with Gasteiger partial charge in [-0.2, -0.15) is 0 Å². The van der Waals surface area contributed by atoms with Crippen LogP contribution in [0.4, 0.5) is 17.1 Å². The van der Waals surface area contributed by atoms with Gasteiger partial charge in [0.15, 0.2) is 0 Å². The van der Waals surface area contributed by atoms with Crippen molar-refractivity contribution in [2.24, 2.45) is 0 Å². The van der Waals surface area contributed by atoms with E-state index >= 15 is 0 Å². The average Bonchev–Trinajstić information content (AvgIpc) is 2.51. The highest BCUT2D eigenvalue weighted by atomic mass is 35.5. The van der Waals surface area contributed by atoms with Crippen molar-refractivity contribution >= 4 is 40.5 Å². The molecule has 2 aromatic carbocycles. The van der Waals surface area contributed by atoms with Gasteiger partial charge in [0.25, 0.3) is 0 Å². The Labute approximate surface area is 146 Å².